The molecule has 0 fully saturated rings. The van der Waals surface area contributed by atoms with Crippen molar-refractivity contribution in [1.29, 1.82) is 0 Å². The van der Waals surface area contributed by atoms with Gasteiger partial charge in [0.2, 0.25) is 0 Å². The molecule has 0 aromatic heterocycles. The number of hydrogen-bond acceptors (Lipinski definition) is 1. The van der Waals surface area contributed by atoms with Crippen molar-refractivity contribution in [3.05, 3.63) is 0 Å². The smallest absolute Gasteiger partial charge is 0.0540 e. The van der Waals surface area contributed by atoms with Crippen LogP contribution in [0.5, 0.6) is 0 Å². The molecule has 0 aromatic rings. The lowest BCUT2D eigenvalue weighted by Gasteiger charge is -2.20. The summed E-state index contributed by atoms with van der Waals surface area (Å²) in [5, 5.41) is 9.91. The number of rotatable bonds is 12. The maximum absolute atomic E-state index is 9.91. The SMILES string of the molecule is CCCCCCCCCCCC(O)CCC(C)(C)C. The second-order valence-corrected chi connectivity index (χ2v) is 7.37. The first kappa shape index (κ1) is 19.0. The van der Waals surface area contributed by atoms with Gasteiger partial charge in [0.25, 0.3) is 0 Å². The molecule has 116 valence electrons. The summed E-state index contributed by atoms with van der Waals surface area (Å²) in [6.07, 6.45) is 15.3. The van der Waals surface area contributed by atoms with Crippen molar-refractivity contribution in [3.63, 3.8) is 0 Å². The fourth-order valence-electron chi connectivity index (χ4n) is 2.43. The average Bonchev–Trinajstić information content (AvgIpc) is 2.33. The molecular weight excluding hydrogens is 232 g/mol. The van der Waals surface area contributed by atoms with Gasteiger partial charge >= 0.3 is 0 Å². The maximum atomic E-state index is 9.91. The molecule has 0 spiro atoms. The highest BCUT2D eigenvalue weighted by molar-refractivity contribution is 4.65. The first-order chi connectivity index (χ1) is 8.95. The summed E-state index contributed by atoms with van der Waals surface area (Å²) in [5.41, 5.74) is 0.361. The van der Waals surface area contributed by atoms with E-state index in [9.17, 15) is 5.11 Å². The molecule has 0 aliphatic rings. The third-order valence-corrected chi connectivity index (χ3v) is 3.87. The van der Waals surface area contributed by atoms with Crippen LogP contribution in [0.3, 0.4) is 0 Å². The summed E-state index contributed by atoms with van der Waals surface area (Å²) in [4.78, 5) is 0. The molecule has 0 saturated carbocycles. The zero-order chi connectivity index (χ0) is 14.6. The van der Waals surface area contributed by atoms with Crippen LogP contribution in [0.2, 0.25) is 0 Å². The van der Waals surface area contributed by atoms with Crippen LogP contribution >= 0.6 is 0 Å². The summed E-state index contributed by atoms with van der Waals surface area (Å²) >= 11 is 0. The molecule has 0 saturated heterocycles. The van der Waals surface area contributed by atoms with E-state index >= 15 is 0 Å². The molecular formula is C18H38O. The van der Waals surface area contributed by atoms with E-state index in [0.29, 0.717) is 5.41 Å². The van der Waals surface area contributed by atoms with Gasteiger partial charge in [-0.25, -0.2) is 0 Å². The predicted molar refractivity (Wildman–Crippen MR) is 86.5 cm³/mol. The second-order valence-electron chi connectivity index (χ2n) is 7.37. The van der Waals surface area contributed by atoms with E-state index in [2.05, 4.69) is 27.7 Å². The maximum Gasteiger partial charge on any atom is 0.0540 e. The normalized spacial score (nSPS) is 13.7. The van der Waals surface area contributed by atoms with Crippen LogP contribution < -0.4 is 0 Å². The Morgan fingerprint density at radius 2 is 1.21 bits per heavy atom. The van der Waals surface area contributed by atoms with Gasteiger partial charge in [-0.05, 0) is 24.7 Å². The molecule has 0 heterocycles. The van der Waals surface area contributed by atoms with Crippen molar-refractivity contribution in [1.82, 2.24) is 0 Å². The summed E-state index contributed by atoms with van der Waals surface area (Å²) < 4.78 is 0. The minimum atomic E-state index is -0.0659. The Hall–Kier alpha value is -0.0400. The molecule has 1 nitrogen and oxygen atoms in total. The fourth-order valence-corrected chi connectivity index (χ4v) is 2.43. The number of unbranched alkanes of at least 4 members (excludes halogenated alkanes) is 8. The topological polar surface area (TPSA) is 20.2 Å². The Morgan fingerprint density at radius 1 is 0.737 bits per heavy atom. The molecule has 0 aromatic carbocycles. The van der Waals surface area contributed by atoms with Gasteiger partial charge in [0, 0.05) is 0 Å². The molecule has 0 amide bonds. The Kier molecular flexibility index (Phi) is 11.7. The Balaban J connectivity index is 3.21. The summed E-state index contributed by atoms with van der Waals surface area (Å²) in [6.45, 7) is 9.01. The molecule has 1 unspecified atom stereocenters. The van der Waals surface area contributed by atoms with Gasteiger partial charge in [0.05, 0.1) is 6.10 Å². The van der Waals surface area contributed by atoms with Crippen LogP contribution in [-0.4, -0.2) is 11.2 Å². The predicted octanol–water partition coefficient (Wildman–Crippen LogP) is 6.09. The Morgan fingerprint density at radius 3 is 1.68 bits per heavy atom. The van der Waals surface area contributed by atoms with Crippen LogP contribution in [0.4, 0.5) is 0 Å². The molecule has 0 aliphatic carbocycles. The van der Waals surface area contributed by atoms with Crippen molar-refractivity contribution in [2.45, 2.75) is 111 Å². The first-order valence-electron chi connectivity index (χ1n) is 8.64. The van der Waals surface area contributed by atoms with Gasteiger partial charge in [-0.15, -0.1) is 0 Å². The lowest BCUT2D eigenvalue weighted by molar-refractivity contribution is 0.133. The summed E-state index contributed by atoms with van der Waals surface area (Å²) in [5.74, 6) is 0. The van der Waals surface area contributed by atoms with Gasteiger partial charge in [-0.3, -0.25) is 0 Å². The third-order valence-electron chi connectivity index (χ3n) is 3.87. The molecule has 1 atom stereocenters. The molecule has 0 radical (unpaired) electrons. The standard InChI is InChI=1S/C18H38O/c1-5-6-7-8-9-10-11-12-13-14-17(19)15-16-18(2,3)4/h17,19H,5-16H2,1-4H3. The molecule has 1 N–H and O–H groups in total. The zero-order valence-electron chi connectivity index (χ0n) is 14.0. The number of aliphatic hydroxyl groups excluding tert-OH is 1. The third kappa shape index (κ3) is 15.9. The first-order valence-corrected chi connectivity index (χ1v) is 8.64. The quantitative estimate of drug-likeness (QED) is 0.425. The van der Waals surface area contributed by atoms with Gasteiger partial charge in [0.1, 0.15) is 0 Å². The van der Waals surface area contributed by atoms with Gasteiger partial charge in [-0.1, -0.05) is 85.5 Å². The van der Waals surface area contributed by atoms with Crippen molar-refractivity contribution in [3.8, 4) is 0 Å². The van der Waals surface area contributed by atoms with E-state index in [-0.39, 0.29) is 6.10 Å². The van der Waals surface area contributed by atoms with Gasteiger partial charge in [-0.2, -0.15) is 0 Å². The van der Waals surface area contributed by atoms with Crippen molar-refractivity contribution >= 4 is 0 Å². The lowest BCUT2D eigenvalue weighted by atomic mass is 9.88. The van der Waals surface area contributed by atoms with Gasteiger partial charge in [0.15, 0.2) is 0 Å². The molecule has 19 heavy (non-hydrogen) atoms. The monoisotopic (exact) mass is 270 g/mol. The van der Waals surface area contributed by atoms with Crippen molar-refractivity contribution in [2.75, 3.05) is 0 Å². The minimum absolute atomic E-state index is 0.0659. The van der Waals surface area contributed by atoms with E-state index in [1.165, 1.54) is 57.8 Å². The van der Waals surface area contributed by atoms with Crippen LogP contribution in [0.15, 0.2) is 0 Å². The molecule has 0 aliphatic heterocycles. The highest BCUT2D eigenvalue weighted by Crippen LogP contribution is 2.23. The Labute approximate surface area is 122 Å². The molecule has 1 heteroatoms. The summed E-state index contributed by atoms with van der Waals surface area (Å²) in [6, 6.07) is 0. The highest BCUT2D eigenvalue weighted by atomic mass is 16.3. The largest absolute Gasteiger partial charge is 0.393 e. The average molecular weight is 271 g/mol. The fraction of sp³-hybridized carbons (Fsp3) is 1.00. The Bertz CT molecular complexity index is 181. The van der Waals surface area contributed by atoms with E-state index in [1.807, 2.05) is 0 Å². The van der Waals surface area contributed by atoms with E-state index in [1.54, 1.807) is 0 Å². The van der Waals surface area contributed by atoms with E-state index in [4.69, 9.17) is 0 Å². The van der Waals surface area contributed by atoms with Crippen molar-refractivity contribution in [2.24, 2.45) is 5.41 Å². The summed E-state index contributed by atoms with van der Waals surface area (Å²) in [7, 11) is 0. The van der Waals surface area contributed by atoms with Crippen molar-refractivity contribution < 1.29 is 5.11 Å². The van der Waals surface area contributed by atoms with E-state index in [0.717, 1.165) is 19.3 Å². The molecule has 0 rings (SSSR count). The van der Waals surface area contributed by atoms with Crippen LogP contribution in [0.25, 0.3) is 0 Å². The number of hydrogen-bond donors (Lipinski definition) is 1. The minimum Gasteiger partial charge on any atom is -0.393 e. The van der Waals surface area contributed by atoms with Crippen LogP contribution in [0, 0.1) is 5.41 Å². The molecule has 0 bridgehead atoms. The second kappa shape index (κ2) is 11.8. The number of aliphatic hydroxyl groups is 1. The zero-order valence-corrected chi connectivity index (χ0v) is 14.0. The van der Waals surface area contributed by atoms with Gasteiger partial charge < -0.3 is 5.11 Å². The van der Waals surface area contributed by atoms with Crippen LogP contribution in [-0.2, 0) is 0 Å². The van der Waals surface area contributed by atoms with Crippen LogP contribution in [0.1, 0.15) is 105 Å². The highest BCUT2D eigenvalue weighted by Gasteiger charge is 2.13. The van der Waals surface area contributed by atoms with E-state index < -0.39 is 0 Å². The lowest BCUT2D eigenvalue weighted by Crippen LogP contribution is -2.12.